The molecule has 1 atom stereocenters. The van der Waals surface area contributed by atoms with E-state index in [-0.39, 0.29) is 22.5 Å². The molecule has 1 aromatic carbocycles. The van der Waals surface area contributed by atoms with Crippen LogP contribution in [0.1, 0.15) is 29.6 Å². The van der Waals surface area contributed by atoms with E-state index in [4.69, 9.17) is 16.7 Å². The van der Waals surface area contributed by atoms with Gasteiger partial charge >= 0.3 is 5.97 Å². The number of carbonyl (C=O) groups is 2. The number of carboxylic acids is 1. The molecule has 2 rings (SSSR count). The fourth-order valence-corrected chi connectivity index (χ4v) is 2.33. The van der Waals surface area contributed by atoms with Crippen LogP contribution in [0.4, 0.5) is 5.69 Å². The van der Waals surface area contributed by atoms with Gasteiger partial charge in [0.05, 0.1) is 11.6 Å². The number of carbonyl (C=O) groups excluding carboxylic acids is 1. The van der Waals surface area contributed by atoms with E-state index in [1.54, 1.807) is 0 Å². The van der Waals surface area contributed by atoms with Crippen molar-refractivity contribution in [3.8, 4) is 0 Å². The van der Waals surface area contributed by atoms with E-state index in [2.05, 4.69) is 10.6 Å². The minimum Gasteiger partial charge on any atom is -0.478 e. The summed E-state index contributed by atoms with van der Waals surface area (Å²) >= 11 is 5.83. The van der Waals surface area contributed by atoms with Crippen molar-refractivity contribution in [1.29, 1.82) is 0 Å². The molecule has 0 bridgehead atoms. The fourth-order valence-electron chi connectivity index (χ4n) is 2.09. The van der Waals surface area contributed by atoms with Crippen LogP contribution in [0.5, 0.6) is 0 Å². The Bertz CT molecular complexity index is 499. The van der Waals surface area contributed by atoms with Crippen molar-refractivity contribution in [2.45, 2.75) is 25.3 Å². The van der Waals surface area contributed by atoms with E-state index in [0.717, 1.165) is 25.8 Å². The van der Waals surface area contributed by atoms with Gasteiger partial charge in [-0.1, -0.05) is 18.0 Å². The molecule has 0 saturated carbocycles. The number of anilines is 1. The molecule has 1 aliphatic heterocycles. The van der Waals surface area contributed by atoms with Crippen LogP contribution in [-0.2, 0) is 4.79 Å². The average molecular weight is 283 g/mol. The summed E-state index contributed by atoms with van der Waals surface area (Å²) in [6.07, 6.45) is 2.88. The Balaban J connectivity index is 2.09. The standard InChI is InChI=1S/C13H15ClN2O3/c14-9-5-8(13(18)19)6-10(7-9)16-12(17)11-3-1-2-4-15-11/h5-7,11,15H,1-4H2,(H,16,17)(H,18,19)/t11-/m1/s1. The van der Waals surface area contributed by atoms with Gasteiger partial charge in [0.15, 0.2) is 0 Å². The quantitative estimate of drug-likeness (QED) is 0.793. The second-order valence-electron chi connectivity index (χ2n) is 4.53. The van der Waals surface area contributed by atoms with E-state index < -0.39 is 5.97 Å². The lowest BCUT2D eigenvalue weighted by molar-refractivity contribution is -0.118. The van der Waals surface area contributed by atoms with Gasteiger partial charge in [0.2, 0.25) is 5.91 Å². The Hall–Kier alpha value is -1.59. The molecule has 1 aliphatic rings. The van der Waals surface area contributed by atoms with Gasteiger partial charge in [-0.05, 0) is 37.6 Å². The van der Waals surface area contributed by atoms with Gasteiger partial charge in [-0.3, -0.25) is 4.79 Å². The van der Waals surface area contributed by atoms with Gasteiger partial charge in [-0.2, -0.15) is 0 Å². The summed E-state index contributed by atoms with van der Waals surface area (Å²) in [5, 5.41) is 15.0. The third-order valence-corrected chi connectivity index (χ3v) is 3.26. The smallest absolute Gasteiger partial charge is 0.335 e. The van der Waals surface area contributed by atoms with E-state index in [9.17, 15) is 9.59 Å². The Morgan fingerprint density at radius 3 is 2.74 bits per heavy atom. The maximum Gasteiger partial charge on any atom is 0.335 e. The fraction of sp³-hybridized carbons (Fsp3) is 0.385. The molecule has 0 spiro atoms. The number of amides is 1. The highest BCUT2D eigenvalue weighted by Crippen LogP contribution is 2.20. The molecule has 1 saturated heterocycles. The number of nitrogens with one attached hydrogen (secondary N) is 2. The third-order valence-electron chi connectivity index (χ3n) is 3.04. The molecule has 1 aromatic rings. The first-order valence-electron chi connectivity index (χ1n) is 6.14. The Labute approximate surface area is 116 Å². The molecule has 102 valence electrons. The number of hydrogen-bond acceptors (Lipinski definition) is 3. The minimum absolute atomic E-state index is 0.0550. The van der Waals surface area contributed by atoms with Gasteiger partial charge in [0, 0.05) is 10.7 Å². The number of aromatic carboxylic acids is 1. The first-order valence-corrected chi connectivity index (χ1v) is 6.52. The Morgan fingerprint density at radius 2 is 2.11 bits per heavy atom. The lowest BCUT2D eigenvalue weighted by Gasteiger charge is -2.22. The zero-order chi connectivity index (χ0) is 13.8. The van der Waals surface area contributed by atoms with Crippen molar-refractivity contribution in [1.82, 2.24) is 5.32 Å². The Kier molecular flexibility index (Phi) is 4.39. The number of halogens is 1. The molecule has 1 fully saturated rings. The normalized spacial score (nSPS) is 18.9. The van der Waals surface area contributed by atoms with Gasteiger partial charge in [-0.25, -0.2) is 4.79 Å². The van der Waals surface area contributed by atoms with Crippen molar-refractivity contribution in [3.63, 3.8) is 0 Å². The maximum absolute atomic E-state index is 12.0. The van der Waals surface area contributed by atoms with Crippen LogP contribution in [-0.4, -0.2) is 29.6 Å². The predicted molar refractivity (Wildman–Crippen MR) is 72.7 cm³/mol. The molecule has 0 unspecified atom stereocenters. The lowest BCUT2D eigenvalue weighted by atomic mass is 10.0. The largest absolute Gasteiger partial charge is 0.478 e. The van der Waals surface area contributed by atoms with Gasteiger partial charge in [0.25, 0.3) is 0 Å². The zero-order valence-corrected chi connectivity index (χ0v) is 11.0. The molecule has 0 aromatic heterocycles. The number of benzene rings is 1. The SMILES string of the molecule is O=C(O)c1cc(Cl)cc(NC(=O)[C@H]2CCCCN2)c1. The number of carboxylic acid groups (broad SMARTS) is 1. The molecule has 0 radical (unpaired) electrons. The van der Waals surface area contributed by atoms with Crippen molar-refractivity contribution in [2.75, 3.05) is 11.9 Å². The van der Waals surface area contributed by atoms with E-state index >= 15 is 0 Å². The van der Waals surface area contributed by atoms with Crippen LogP contribution in [0.15, 0.2) is 18.2 Å². The summed E-state index contributed by atoms with van der Waals surface area (Å²) in [4.78, 5) is 22.9. The second kappa shape index (κ2) is 6.04. The van der Waals surface area contributed by atoms with Gasteiger partial charge in [0.1, 0.15) is 0 Å². The third kappa shape index (κ3) is 3.68. The topological polar surface area (TPSA) is 78.4 Å². The average Bonchev–Trinajstić information content (AvgIpc) is 2.39. The van der Waals surface area contributed by atoms with Crippen LogP contribution in [0.25, 0.3) is 0 Å². The second-order valence-corrected chi connectivity index (χ2v) is 4.96. The molecule has 19 heavy (non-hydrogen) atoms. The molecular formula is C13H15ClN2O3. The summed E-state index contributed by atoms with van der Waals surface area (Å²) in [6.45, 7) is 0.827. The van der Waals surface area contributed by atoms with Crippen LogP contribution in [0.2, 0.25) is 5.02 Å². The van der Waals surface area contributed by atoms with Gasteiger partial charge < -0.3 is 15.7 Å². The zero-order valence-electron chi connectivity index (χ0n) is 10.3. The molecule has 3 N–H and O–H groups in total. The summed E-state index contributed by atoms with van der Waals surface area (Å²) in [6, 6.07) is 4.06. The van der Waals surface area contributed by atoms with Crippen LogP contribution >= 0.6 is 11.6 Å². The van der Waals surface area contributed by atoms with Crippen molar-refractivity contribution in [2.24, 2.45) is 0 Å². The summed E-state index contributed by atoms with van der Waals surface area (Å²) < 4.78 is 0. The molecular weight excluding hydrogens is 268 g/mol. The lowest BCUT2D eigenvalue weighted by Crippen LogP contribution is -2.43. The first kappa shape index (κ1) is 13.8. The van der Waals surface area contributed by atoms with E-state index in [1.807, 2.05) is 0 Å². The summed E-state index contributed by atoms with van der Waals surface area (Å²) in [7, 11) is 0. The highest BCUT2D eigenvalue weighted by molar-refractivity contribution is 6.31. The highest BCUT2D eigenvalue weighted by Gasteiger charge is 2.20. The highest BCUT2D eigenvalue weighted by atomic mass is 35.5. The molecule has 1 amide bonds. The molecule has 1 heterocycles. The van der Waals surface area contributed by atoms with Crippen molar-refractivity contribution in [3.05, 3.63) is 28.8 Å². The first-order chi connectivity index (χ1) is 9.06. The minimum atomic E-state index is -1.08. The van der Waals surface area contributed by atoms with Gasteiger partial charge in [-0.15, -0.1) is 0 Å². The van der Waals surface area contributed by atoms with Crippen LogP contribution < -0.4 is 10.6 Å². The van der Waals surface area contributed by atoms with E-state index in [1.165, 1.54) is 18.2 Å². The maximum atomic E-state index is 12.0. The molecule has 5 nitrogen and oxygen atoms in total. The number of piperidine rings is 1. The summed E-state index contributed by atoms with van der Waals surface area (Å²) in [5.41, 5.74) is 0.460. The Morgan fingerprint density at radius 1 is 1.32 bits per heavy atom. The van der Waals surface area contributed by atoms with Crippen LogP contribution in [0.3, 0.4) is 0 Å². The molecule has 6 heteroatoms. The van der Waals surface area contributed by atoms with Crippen molar-refractivity contribution < 1.29 is 14.7 Å². The number of rotatable bonds is 3. The number of hydrogen-bond donors (Lipinski definition) is 3. The monoisotopic (exact) mass is 282 g/mol. The van der Waals surface area contributed by atoms with Crippen molar-refractivity contribution >= 4 is 29.2 Å². The van der Waals surface area contributed by atoms with Crippen LogP contribution in [0, 0.1) is 0 Å². The van der Waals surface area contributed by atoms with E-state index in [0.29, 0.717) is 5.69 Å². The summed E-state index contributed by atoms with van der Waals surface area (Å²) in [5.74, 6) is -1.23. The predicted octanol–water partition coefficient (Wildman–Crippen LogP) is 2.12. The molecule has 0 aliphatic carbocycles.